The fourth-order valence-corrected chi connectivity index (χ4v) is 3.58. The molecule has 1 amide bonds. The standard InChI is InChI=1S/C21H22N4O2S/c1-3-19(27)22-17-12-10-16(11-13-17)20-23-24-21(25(20)4-2)28-14-18(26)15-8-6-5-7-9-15/h5-13H,3-4,14H2,1-2H3,(H,22,27). The lowest BCUT2D eigenvalue weighted by molar-refractivity contribution is -0.115. The van der Waals surface area contributed by atoms with Crippen molar-refractivity contribution in [3.63, 3.8) is 0 Å². The summed E-state index contributed by atoms with van der Waals surface area (Å²) in [6.07, 6.45) is 0.439. The van der Waals surface area contributed by atoms with Crippen LogP contribution in [0.3, 0.4) is 0 Å². The lowest BCUT2D eigenvalue weighted by atomic mass is 10.2. The van der Waals surface area contributed by atoms with Crippen LogP contribution in [-0.4, -0.2) is 32.2 Å². The number of hydrogen-bond donors (Lipinski definition) is 1. The summed E-state index contributed by atoms with van der Waals surface area (Å²) < 4.78 is 1.99. The average Bonchev–Trinajstić information content (AvgIpc) is 3.16. The van der Waals surface area contributed by atoms with Gasteiger partial charge in [0, 0.05) is 29.8 Å². The number of Topliss-reactive ketones (excluding diaryl/α,β-unsaturated/α-hetero) is 1. The van der Waals surface area contributed by atoms with Crippen LogP contribution < -0.4 is 5.32 Å². The first-order valence-electron chi connectivity index (χ1n) is 9.17. The molecule has 0 bridgehead atoms. The molecule has 0 fully saturated rings. The van der Waals surface area contributed by atoms with Crippen LogP contribution in [0.2, 0.25) is 0 Å². The van der Waals surface area contributed by atoms with Crippen molar-refractivity contribution < 1.29 is 9.59 Å². The maximum absolute atomic E-state index is 12.3. The first kappa shape index (κ1) is 19.8. The zero-order chi connectivity index (χ0) is 19.9. The Morgan fingerprint density at radius 2 is 1.71 bits per heavy atom. The summed E-state index contributed by atoms with van der Waals surface area (Å²) in [5.74, 6) is 1.09. The zero-order valence-electron chi connectivity index (χ0n) is 15.9. The second-order valence-electron chi connectivity index (χ2n) is 6.11. The van der Waals surface area contributed by atoms with Crippen LogP contribution in [0.5, 0.6) is 0 Å². The molecule has 2 aromatic carbocycles. The molecule has 0 unspecified atom stereocenters. The maximum Gasteiger partial charge on any atom is 0.224 e. The lowest BCUT2D eigenvalue weighted by Crippen LogP contribution is -2.09. The summed E-state index contributed by atoms with van der Waals surface area (Å²) in [6, 6.07) is 16.8. The van der Waals surface area contributed by atoms with Gasteiger partial charge in [0.15, 0.2) is 16.8 Å². The first-order valence-corrected chi connectivity index (χ1v) is 10.2. The van der Waals surface area contributed by atoms with Crippen molar-refractivity contribution in [3.8, 4) is 11.4 Å². The van der Waals surface area contributed by atoms with E-state index >= 15 is 0 Å². The Bertz CT molecular complexity index is 952. The normalized spacial score (nSPS) is 10.6. The zero-order valence-corrected chi connectivity index (χ0v) is 16.7. The van der Waals surface area contributed by atoms with Gasteiger partial charge in [-0.15, -0.1) is 10.2 Å². The number of nitrogens with zero attached hydrogens (tertiary/aromatic N) is 3. The Balaban J connectivity index is 1.73. The average molecular weight is 395 g/mol. The number of hydrogen-bond acceptors (Lipinski definition) is 5. The van der Waals surface area contributed by atoms with Gasteiger partial charge in [0.2, 0.25) is 5.91 Å². The fraction of sp³-hybridized carbons (Fsp3) is 0.238. The number of carbonyl (C=O) groups excluding carboxylic acids is 2. The van der Waals surface area contributed by atoms with E-state index < -0.39 is 0 Å². The van der Waals surface area contributed by atoms with Crippen molar-refractivity contribution >= 4 is 29.1 Å². The number of anilines is 1. The molecule has 1 aromatic heterocycles. The molecule has 0 spiro atoms. The summed E-state index contributed by atoms with van der Waals surface area (Å²) in [6.45, 7) is 4.53. The van der Waals surface area contributed by atoms with Gasteiger partial charge in [-0.25, -0.2) is 0 Å². The van der Waals surface area contributed by atoms with E-state index in [1.165, 1.54) is 11.8 Å². The molecule has 6 nitrogen and oxygen atoms in total. The van der Waals surface area contributed by atoms with E-state index in [9.17, 15) is 9.59 Å². The molecule has 144 valence electrons. The number of ketones is 1. The Kier molecular flexibility index (Phi) is 6.60. The van der Waals surface area contributed by atoms with E-state index in [2.05, 4.69) is 15.5 Å². The number of carbonyl (C=O) groups is 2. The quantitative estimate of drug-likeness (QED) is 0.456. The third-order valence-corrected chi connectivity index (χ3v) is 5.18. The topological polar surface area (TPSA) is 76.9 Å². The van der Waals surface area contributed by atoms with Crippen LogP contribution in [0.25, 0.3) is 11.4 Å². The Labute approximate surface area is 168 Å². The molecule has 3 aromatic rings. The highest BCUT2D eigenvalue weighted by molar-refractivity contribution is 7.99. The van der Waals surface area contributed by atoms with Gasteiger partial charge in [-0.05, 0) is 31.2 Å². The van der Waals surface area contributed by atoms with Gasteiger partial charge in [-0.2, -0.15) is 0 Å². The Hall–Kier alpha value is -2.93. The molecule has 0 saturated heterocycles. The van der Waals surface area contributed by atoms with Crippen molar-refractivity contribution in [3.05, 3.63) is 60.2 Å². The smallest absolute Gasteiger partial charge is 0.224 e. The van der Waals surface area contributed by atoms with Crippen LogP contribution in [0.1, 0.15) is 30.6 Å². The van der Waals surface area contributed by atoms with E-state index in [1.54, 1.807) is 0 Å². The number of rotatable bonds is 8. The second kappa shape index (κ2) is 9.32. The third-order valence-electron chi connectivity index (χ3n) is 4.21. The SMILES string of the molecule is CCC(=O)Nc1ccc(-c2nnc(SCC(=O)c3ccccc3)n2CC)cc1. The van der Waals surface area contributed by atoms with Gasteiger partial charge in [0.1, 0.15) is 0 Å². The minimum atomic E-state index is -0.0220. The molecule has 28 heavy (non-hydrogen) atoms. The van der Waals surface area contributed by atoms with Crippen molar-refractivity contribution in [2.75, 3.05) is 11.1 Å². The highest BCUT2D eigenvalue weighted by Crippen LogP contribution is 2.25. The number of aromatic nitrogens is 3. The van der Waals surface area contributed by atoms with Gasteiger partial charge in [-0.1, -0.05) is 49.0 Å². The van der Waals surface area contributed by atoms with Crippen LogP contribution in [0.4, 0.5) is 5.69 Å². The molecule has 1 heterocycles. The molecule has 7 heteroatoms. The largest absolute Gasteiger partial charge is 0.326 e. The predicted octanol–water partition coefficient (Wildman–Crippen LogP) is 4.29. The van der Waals surface area contributed by atoms with E-state index in [4.69, 9.17) is 0 Å². The van der Waals surface area contributed by atoms with E-state index in [-0.39, 0.29) is 11.7 Å². The van der Waals surface area contributed by atoms with Crippen molar-refractivity contribution in [2.24, 2.45) is 0 Å². The van der Waals surface area contributed by atoms with E-state index in [0.29, 0.717) is 29.4 Å². The van der Waals surface area contributed by atoms with E-state index in [1.807, 2.05) is 73.0 Å². The van der Waals surface area contributed by atoms with Gasteiger partial charge < -0.3 is 9.88 Å². The fourth-order valence-electron chi connectivity index (χ4n) is 2.68. The number of amides is 1. The summed E-state index contributed by atoms with van der Waals surface area (Å²) >= 11 is 1.39. The maximum atomic E-state index is 12.3. The van der Waals surface area contributed by atoms with Crippen LogP contribution in [-0.2, 0) is 11.3 Å². The molecular weight excluding hydrogens is 372 g/mol. The molecule has 3 rings (SSSR count). The van der Waals surface area contributed by atoms with Gasteiger partial charge >= 0.3 is 0 Å². The molecule has 0 saturated carbocycles. The third kappa shape index (κ3) is 4.67. The van der Waals surface area contributed by atoms with Gasteiger partial charge in [0.05, 0.1) is 5.75 Å². The molecular formula is C21H22N4O2S. The molecule has 0 aliphatic heterocycles. The second-order valence-corrected chi connectivity index (χ2v) is 7.05. The Morgan fingerprint density at radius 3 is 2.36 bits per heavy atom. The summed E-state index contributed by atoms with van der Waals surface area (Å²) in [5.41, 5.74) is 2.36. The van der Waals surface area contributed by atoms with Crippen LogP contribution >= 0.6 is 11.8 Å². The number of nitrogens with one attached hydrogen (secondary N) is 1. The number of thioether (sulfide) groups is 1. The first-order chi connectivity index (χ1) is 13.6. The highest BCUT2D eigenvalue weighted by Gasteiger charge is 2.15. The highest BCUT2D eigenvalue weighted by atomic mass is 32.2. The van der Waals surface area contributed by atoms with Gasteiger partial charge in [-0.3, -0.25) is 9.59 Å². The summed E-state index contributed by atoms with van der Waals surface area (Å²) in [5, 5.41) is 12.1. The molecule has 0 radical (unpaired) electrons. The summed E-state index contributed by atoms with van der Waals surface area (Å²) in [7, 11) is 0. The minimum Gasteiger partial charge on any atom is -0.326 e. The Morgan fingerprint density at radius 1 is 1.00 bits per heavy atom. The lowest BCUT2D eigenvalue weighted by Gasteiger charge is -2.08. The number of benzene rings is 2. The minimum absolute atomic E-state index is 0.0220. The van der Waals surface area contributed by atoms with Crippen molar-refractivity contribution in [1.82, 2.24) is 14.8 Å². The van der Waals surface area contributed by atoms with Crippen molar-refractivity contribution in [1.29, 1.82) is 0 Å². The molecule has 0 aliphatic carbocycles. The monoisotopic (exact) mass is 394 g/mol. The van der Waals surface area contributed by atoms with Crippen molar-refractivity contribution in [2.45, 2.75) is 32.0 Å². The predicted molar refractivity (Wildman–Crippen MR) is 112 cm³/mol. The molecule has 0 atom stereocenters. The van der Waals surface area contributed by atoms with Crippen LogP contribution in [0, 0.1) is 0 Å². The van der Waals surface area contributed by atoms with Crippen LogP contribution in [0.15, 0.2) is 59.8 Å². The summed E-state index contributed by atoms with van der Waals surface area (Å²) in [4.78, 5) is 23.8. The van der Waals surface area contributed by atoms with E-state index in [0.717, 1.165) is 17.1 Å². The van der Waals surface area contributed by atoms with Gasteiger partial charge in [0.25, 0.3) is 0 Å². The molecule has 1 N–H and O–H groups in total. The molecule has 0 aliphatic rings.